The molecule has 2 heterocycles. The quantitative estimate of drug-likeness (QED) is 0.250. The highest BCUT2D eigenvalue weighted by molar-refractivity contribution is 5.96. The smallest absolute Gasteiger partial charge is 0.323 e. The molecule has 0 bridgehead atoms. The van der Waals surface area contributed by atoms with Crippen molar-refractivity contribution in [1.29, 1.82) is 0 Å². The lowest BCUT2D eigenvalue weighted by Gasteiger charge is -2.14. The number of halogens is 1. The zero-order valence-electron chi connectivity index (χ0n) is 19.4. The van der Waals surface area contributed by atoms with Crippen LogP contribution in [0.5, 0.6) is 0 Å². The van der Waals surface area contributed by atoms with Crippen LogP contribution in [0.1, 0.15) is 18.9 Å². The second kappa shape index (κ2) is 9.53. The van der Waals surface area contributed by atoms with Gasteiger partial charge in [-0.15, -0.1) is 0 Å². The summed E-state index contributed by atoms with van der Waals surface area (Å²) in [5, 5.41) is 3.38. The molecule has 1 atom stereocenters. The molecule has 5 aromatic rings. The van der Waals surface area contributed by atoms with Gasteiger partial charge in [0.1, 0.15) is 5.82 Å². The summed E-state index contributed by atoms with van der Waals surface area (Å²) in [6.45, 7) is 1.49. The van der Waals surface area contributed by atoms with Crippen LogP contribution in [0.25, 0.3) is 33.2 Å². The number of anilines is 1. The minimum Gasteiger partial charge on any atom is -0.453 e. The van der Waals surface area contributed by atoms with Gasteiger partial charge in [0.2, 0.25) is 0 Å². The Kier molecular flexibility index (Phi) is 6.12. The number of carbonyl (C=O) groups is 2. The Bertz CT molecular complexity index is 1630. The molecule has 0 aliphatic carbocycles. The summed E-state index contributed by atoms with van der Waals surface area (Å²) in [4.78, 5) is 45.1. The highest BCUT2D eigenvalue weighted by Crippen LogP contribution is 2.32. The third kappa shape index (κ3) is 4.76. The van der Waals surface area contributed by atoms with E-state index in [-0.39, 0.29) is 17.9 Å². The van der Waals surface area contributed by atoms with E-state index in [1.807, 2.05) is 30.3 Å². The first-order chi connectivity index (χ1) is 17.4. The summed E-state index contributed by atoms with van der Waals surface area (Å²) in [6.07, 6.45) is -0.719. The fraction of sp³-hybridized carbons (Fsp3) is 0.148. The molecular formula is C27H23FN4O4. The van der Waals surface area contributed by atoms with Crippen LogP contribution in [0, 0.1) is 5.82 Å². The van der Waals surface area contributed by atoms with Gasteiger partial charge < -0.3 is 25.0 Å². The Labute approximate surface area is 204 Å². The van der Waals surface area contributed by atoms with Crippen molar-refractivity contribution < 1.29 is 18.7 Å². The van der Waals surface area contributed by atoms with Crippen molar-refractivity contribution in [2.24, 2.45) is 0 Å². The number of ether oxygens (including phenoxy) is 1. The van der Waals surface area contributed by atoms with E-state index < -0.39 is 18.0 Å². The number of imidazole rings is 1. The number of hydrogen-bond acceptors (Lipinski definition) is 4. The minimum absolute atomic E-state index is 0.0114. The molecule has 182 valence electrons. The maximum Gasteiger partial charge on any atom is 0.323 e. The Hall–Kier alpha value is -4.66. The van der Waals surface area contributed by atoms with Gasteiger partial charge in [-0.05, 0) is 60.9 Å². The molecule has 0 aliphatic rings. The average Bonchev–Trinajstić information content (AvgIpc) is 3.41. The average molecular weight is 487 g/mol. The number of carbonyl (C=O) groups excluding carboxylic acids is 2. The van der Waals surface area contributed by atoms with Crippen LogP contribution in [0.15, 0.2) is 71.5 Å². The standard InChI is InChI=1S/C27H23FN4O4/c1-15(26(34)29-18-8-11-22-23(14-18)32-27(35)31-22)36-24(33)12-9-19-20-13-17(28)7-10-21(20)30-25(19)16-5-3-2-4-6-16/h2-8,10-11,13-15,30H,9,12H2,1H3,(H,29,34)(H2,31,32,35). The number of rotatable bonds is 7. The highest BCUT2D eigenvalue weighted by Gasteiger charge is 2.20. The molecule has 0 aliphatic heterocycles. The lowest BCUT2D eigenvalue weighted by atomic mass is 10.0. The van der Waals surface area contributed by atoms with Crippen molar-refractivity contribution in [3.05, 3.63) is 88.6 Å². The molecule has 1 amide bonds. The molecule has 0 radical (unpaired) electrons. The number of H-pyrrole nitrogens is 3. The molecule has 0 spiro atoms. The molecule has 8 nitrogen and oxygen atoms in total. The van der Waals surface area contributed by atoms with Crippen LogP contribution in [-0.2, 0) is 20.7 Å². The van der Waals surface area contributed by atoms with E-state index in [9.17, 15) is 18.8 Å². The molecular weight excluding hydrogens is 463 g/mol. The molecule has 5 rings (SSSR count). The largest absolute Gasteiger partial charge is 0.453 e. The van der Waals surface area contributed by atoms with E-state index in [2.05, 4.69) is 20.3 Å². The van der Waals surface area contributed by atoms with Crippen LogP contribution in [0.3, 0.4) is 0 Å². The van der Waals surface area contributed by atoms with Crippen LogP contribution >= 0.6 is 0 Å². The van der Waals surface area contributed by atoms with E-state index in [1.165, 1.54) is 19.1 Å². The molecule has 0 saturated heterocycles. The number of fused-ring (bicyclic) bond motifs is 2. The topological polar surface area (TPSA) is 120 Å². The van der Waals surface area contributed by atoms with Gasteiger partial charge in [-0.1, -0.05) is 30.3 Å². The number of amides is 1. The predicted molar refractivity (Wildman–Crippen MR) is 135 cm³/mol. The van der Waals surface area contributed by atoms with Crippen LogP contribution in [0.2, 0.25) is 0 Å². The van der Waals surface area contributed by atoms with Crippen molar-refractivity contribution in [1.82, 2.24) is 15.0 Å². The Balaban J connectivity index is 1.27. The zero-order valence-corrected chi connectivity index (χ0v) is 19.4. The van der Waals surface area contributed by atoms with Gasteiger partial charge in [0, 0.05) is 28.7 Å². The monoisotopic (exact) mass is 486 g/mol. The van der Waals surface area contributed by atoms with E-state index >= 15 is 0 Å². The van der Waals surface area contributed by atoms with Gasteiger partial charge in [0.25, 0.3) is 5.91 Å². The van der Waals surface area contributed by atoms with E-state index in [0.29, 0.717) is 28.5 Å². The Morgan fingerprint density at radius 3 is 2.50 bits per heavy atom. The molecule has 3 aromatic carbocycles. The number of nitrogens with one attached hydrogen (secondary N) is 4. The SMILES string of the molecule is CC(OC(=O)CCc1c(-c2ccccc2)[nH]c2ccc(F)cc12)C(=O)Nc1ccc2[nH]c(=O)[nH]c2c1. The minimum atomic E-state index is -1.03. The summed E-state index contributed by atoms with van der Waals surface area (Å²) in [6, 6.07) is 19.0. The zero-order chi connectivity index (χ0) is 25.2. The van der Waals surface area contributed by atoms with Crippen molar-refractivity contribution >= 4 is 39.5 Å². The van der Waals surface area contributed by atoms with Crippen molar-refractivity contribution in [3.63, 3.8) is 0 Å². The van der Waals surface area contributed by atoms with Gasteiger partial charge >= 0.3 is 11.7 Å². The first kappa shape index (κ1) is 23.1. The van der Waals surface area contributed by atoms with Gasteiger partial charge in [-0.25, -0.2) is 9.18 Å². The second-order valence-electron chi connectivity index (χ2n) is 8.50. The molecule has 9 heteroatoms. The van der Waals surface area contributed by atoms with E-state index in [0.717, 1.165) is 22.3 Å². The molecule has 1 unspecified atom stereocenters. The second-order valence-corrected chi connectivity index (χ2v) is 8.50. The summed E-state index contributed by atoms with van der Waals surface area (Å²) in [7, 11) is 0. The summed E-state index contributed by atoms with van der Waals surface area (Å²) in [5.41, 5.74) is 4.59. The molecule has 36 heavy (non-hydrogen) atoms. The summed E-state index contributed by atoms with van der Waals surface area (Å²) in [5.74, 6) is -1.41. The molecule has 2 aromatic heterocycles. The maximum absolute atomic E-state index is 14.0. The predicted octanol–water partition coefficient (Wildman–Crippen LogP) is 4.65. The summed E-state index contributed by atoms with van der Waals surface area (Å²) >= 11 is 0. The van der Waals surface area contributed by atoms with Crippen molar-refractivity contribution in [2.75, 3.05) is 5.32 Å². The number of aromatic amines is 3. The normalized spacial score (nSPS) is 12.1. The molecule has 4 N–H and O–H groups in total. The molecule has 0 fully saturated rings. The summed E-state index contributed by atoms with van der Waals surface area (Å²) < 4.78 is 19.3. The van der Waals surface area contributed by atoms with Gasteiger partial charge in [-0.2, -0.15) is 0 Å². The third-order valence-corrected chi connectivity index (χ3v) is 5.97. The van der Waals surface area contributed by atoms with E-state index in [4.69, 9.17) is 4.74 Å². The number of esters is 1. The number of aromatic nitrogens is 3. The van der Waals surface area contributed by atoms with Crippen molar-refractivity contribution in [3.8, 4) is 11.3 Å². The fourth-order valence-electron chi connectivity index (χ4n) is 4.22. The van der Waals surface area contributed by atoms with Crippen LogP contribution < -0.4 is 11.0 Å². The number of hydrogen-bond donors (Lipinski definition) is 4. The van der Waals surface area contributed by atoms with Crippen molar-refractivity contribution in [2.45, 2.75) is 25.9 Å². The molecule has 0 saturated carbocycles. The third-order valence-electron chi connectivity index (χ3n) is 5.97. The fourth-order valence-corrected chi connectivity index (χ4v) is 4.22. The van der Waals surface area contributed by atoms with Gasteiger partial charge in [-0.3, -0.25) is 9.59 Å². The highest BCUT2D eigenvalue weighted by atomic mass is 19.1. The van der Waals surface area contributed by atoms with Gasteiger partial charge in [0.15, 0.2) is 6.10 Å². The van der Waals surface area contributed by atoms with E-state index in [1.54, 1.807) is 24.3 Å². The first-order valence-electron chi connectivity index (χ1n) is 11.5. The lowest BCUT2D eigenvalue weighted by molar-refractivity contribution is -0.153. The number of benzene rings is 3. The Morgan fingerprint density at radius 2 is 1.69 bits per heavy atom. The lowest BCUT2D eigenvalue weighted by Crippen LogP contribution is -2.30. The van der Waals surface area contributed by atoms with Crippen LogP contribution in [0.4, 0.5) is 10.1 Å². The maximum atomic E-state index is 14.0. The first-order valence-corrected chi connectivity index (χ1v) is 11.5. The van der Waals surface area contributed by atoms with Gasteiger partial charge in [0.05, 0.1) is 11.0 Å². The Morgan fingerprint density at radius 1 is 0.944 bits per heavy atom. The number of aryl methyl sites for hydroxylation is 1. The van der Waals surface area contributed by atoms with Crippen LogP contribution in [-0.4, -0.2) is 32.9 Å².